The lowest BCUT2D eigenvalue weighted by Crippen LogP contribution is -2.43. The number of hydrogen-bond donors (Lipinski definition) is 0. The van der Waals surface area contributed by atoms with Crippen molar-refractivity contribution in [3.63, 3.8) is 0 Å². The highest BCUT2D eigenvalue weighted by molar-refractivity contribution is 6.74. The van der Waals surface area contributed by atoms with Crippen LogP contribution in [0.15, 0.2) is 18.2 Å². The Kier molecular flexibility index (Phi) is 5.97. The summed E-state index contributed by atoms with van der Waals surface area (Å²) in [4.78, 5) is 1.79. The summed E-state index contributed by atoms with van der Waals surface area (Å²) in [5.74, 6) is 0. The summed E-state index contributed by atoms with van der Waals surface area (Å²) >= 11 is 0. The van der Waals surface area contributed by atoms with E-state index in [1.807, 2.05) is 13.8 Å². The molecule has 1 saturated heterocycles. The lowest BCUT2D eigenvalue weighted by Gasteiger charge is -2.36. The number of nitriles is 1. The fourth-order valence-electron chi connectivity index (χ4n) is 2.99. The summed E-state index contributed by atoms with van der Waals surface area (Å²) in [5, 5.41) is 9.06. The number of benzene rings is 1. The van der Waals surface area contributed by atoms with Gasteiger partial charge in [-0.15, -0.1) is 0 Å². The average molecular weight is 415 g/mol. The van der Waals surface area contributed by atoms with Crippen LogP contribution in [0.2, 0.25) is 18.1 Å². The maximum absolute atomic E-state index is 13.3. The van der Waals surface area contributed by atoms with Gasteiger partial charge in [0, 0.05) is 12.2 Å². The summed E-state index contributed by atoms with van der Waals surface area (Å²) in [6.45, 7) is 15.2. The average Bonchev–Trinajstić information content (AvgIpc) is 2.85. The maximum atomic E-state index is 13.3. The highest BCUT2D eigenvalue weighted by atomic mass is 28.4. The van der Waals surface area contributed by atoms with Gasteiger partial charge in [0.25, 0.3) is 0 Å². The van der Waals surface area contributed by atoms with Gasteiger partial charge in [-0.05, 0) is 50.2 Å². The molecule has 156 valence electrons. The minimum atomic E-state index is -4.59. The summed E-state index contributed by atoms with van der Waals surface area (Å²) in [6, 6.07) is 5.40. The van der Waals surface area contributed by atoms with Gasteiger partial charge in [0.1, 0.15) is 5.72 Å². The Labute approximate surface area is 166 Å². The van der Waals surface area contributed by atoms with E-state index in [9.17, 15) is 13.2 Å². The van der Waals surface area contributed by atoms with Crippen molar-refractivity contribution >= 4 is 14.0 Å². The van der Waals surface area contributed by atoms with Crippen LogP contribution in [-0.4, -0.2) is 33.3 Å². The lowest BCUT2D eigenvalue weighted by molar-refractivity contribution is -0.137. The van der Waals surface area contributed by atoms with Crippen LogP contribution in [0.3, 0.4) is 0 Å². The van der Waals surface area contributed by atoms with E-state index < -0.39 is 25.8 Å². The third kappa shape index (κ3) is 4.70. The minimum Gasteiger partial charge on any atom is -0.414 e. The molecule has 1 heterocycles. The molecule has 2 rings (SSSR count). The molecule has 0 N–H and O–H groups in total. The second kappa shape index (κ2) is 7.36. The van der Waals surface area contributed by atoms with Crippen molar-refractivity contribution in [1.29, 1.82) is 5.26 Å². The number of alkyl halides is 3. The first-order valence-corrected chi connectivity index (χ1v) is 12.2. The first kappa shape index (κ1) is 22.7. The second-order valence-electron chi connectivity index (χ2n) is 9.21. The molecule has 0 aliphatic carbocycles. The van der Waals surface area contributed by atoms with E-state index in [1.165, 1.54) is 12.1 Å². The Morgan fingerprint density at radius 2 is 1.89 bits per heavy atom. The third-order valence-corrected chi connectivity index (χ3v) is 10.2. The van der Waals surface area contributed by atoms with Crippen molar-refractivity contribution in [3.05, 3.63) is 29.3 Å². The van der Waals surface area contributed by atoms with Gasteiger partial charge in [0.05, 0.1) is 29.9 Å². The number of halogens is 3. The Hall–Kier alpha value is -1.56. The molecule has 1 fully saturated rings. The molecular weight excluding hydrogens is 385 g/mol. The van der Waals surface area contributed by atoms with Crippen LogP contribution in [0.25, 0.3) is 0 Å². The van der Waals surface area contributed by atoms with Crippen LogP contribution in [0.5, 0.6) is 0 Å². The van der Waals surface area contributed by atoms with Crippen molar-refractivity contribution in [1.82, 2.24) is 0 Å². The molecule has 1 aliphatic heterocycles. The van der Waals surface area contributed by atoms with Crippen molar-refractivity contribution in [2.24, 2.45) is 0 Å². The van der Waals surface area contributed by atoms with Crippen molar-refractivity contribution < 1.29 is 22.3 Å². The van der Waals surface area contributed by atoms with Crippen LogP contribution in [0, 0.1) is 11.3 Å². The summed E-state index contributed by atoms with van der Waals surface area (Å²) in [7, 11) is -1.95. The standard InChI is InChI=1S/C20H29F3N2O2Si/c1-18(2,3)28(6,7)26-13-16-12-25(19(4,5)27-16)15-9-8-14(11-24)17(10-15)20(21,22)23/h8-10,16H,12-13H2,1-7H3. The van der Waals surface area contributed by atoms with E-state index >= 15 is 0 Å². The summed E-state index contributed by atoms with van der Waals surface area (Å²) in [6.07, 6.45) is -4.83. The third-order valence-electron chi connectivity index (χ3n) is 5.67. The number of hydrogen-bond acceptors (Lipinski definition) is 4. The van der Waals surface area contributed by atoms with Crippen LogP contribution in [-0.2, 0) is 15.3 Å². The van der Waals surface area contributed by atoms with E-state index in [1.54, 1.807) is 11.0 Å². The molecule has 1 unspecified atom stereocenters. The van der Waals surface area contributed by atoms with Gasteiger partial charge in [-0.1, -0.05) is 20.8 Å². The highest BCUT2D eigenvalue weighted by Crippen LogP contribution is 2.40. The fraction of sp³-hybridized carbons (Fsp3) is 0.650. The Bertz CT molecular complexity index is 764. The zero-order chi connectivity index (χ0) is 21.5. The van der Waals surface area contributed by atoms with Gasteiger partial charge in [0.2, 0.25) is 0 Å². The molecular formula is C20H29F3N2O2Si. The molecule has 1 aromatic carbocycles. The van der Waals surface area contributed by atoms with E-state index in [2.05, 4.69) is 33.9 Å². The normalized spacial score (nSPS) is 20.3. The number of anilines is 1. The molecule has 0 spiro atoms. The van der Waals surface area contributed by atoms with E-state index in [-0.39, 0.29) is 16.7 Å². The monoisotopic (exact) mass is 414 g/mol. The Balaban J connectivity index is 2.23. The lowest BCUT2D eigenvalue weighted by atomic mass is 10.1. The number of rotatable bonds is 4. The van der Waals surface area contributed by atoms with E-state index in [0.717, 1.165) is 6.07 Å². The van der Waals surface area contributed by atoms with Crippen LogP contribution in [0.4, 0.5) is 18.9 Å². The van der Waals surface area contributed by atoms with Crippen molar-refractivity contribution in [2.45, 2.75) is 70.8 Å². The molecule has 8 heteroatoms. The Morgan fingerprint density at radius 1 is 1.29 bits per heavy atom. The predicted molar refractivity (Wildman–Crippen MR) is 106 cm³/mol. The highest BCUT2D eigenvalue weighted by Gasteiger charge is 2.43. The molecule has 4 nitrogen and oxygen atoms in total. The Morgan fingerprint density at radius 3 is 2.39 bits per heavy atom. The molecule has 0 bridgehead atoms. The molecule has 0 aromatic heterocycles. The zero-order valence-corrected chi connectivity index (χ0v) is 18.6. The smallest absolute Gasteiger partial charge is 0.414 e. The van der Waals surface area contributed by atoms with E-state index in [4.69, 9.17) is 14.4 Å². The number of nitrogens with zero attached hydrogens (tertiary/aromatic N) is 2. The summed E-state index contributed by atoms with van der Waals surface area (Å²) < 4.78 is 52.3. The molecule has 0 saturated carbocycles. The van der Waals surface area contributed by atoms with Crippen LogP contribution >= 0.6 is 0 Å². The van der Waals surface area contributed by atoms with Gasteiger partial charge in [-0.25, -0.2) is 0 Å². The van der Waals surface area contributed by atoms with Gasteiger partial charge in [0.15, 0.2) is 8.32 Å². The first-order chi connectivity index (χ1) is 12.6. The number of ether oxygens (including phenoxy) is 1. The molecule has 1 aromatic rings. The second-order valence-corrected chi connectivity index (χ2v) is 14.0. The molecule has 28 heavy (non-hydrogen) atoms. The van der Waals surface area contributed by atoms with Gasteiger partial charge in [-0.3, -0.25) is 0 Å². The molecule has 0 amide bonds. The van der Waals surface area contributed by atoms with Crippen molar-refractivity contribution in [3.8, 4) is 6.07 Å². The van der Waals surface area contributed by atoms with Gasteiger partial charge < -0.3 is 14.1 Å². The zero-order valence-electron chi connectivity index (χ0n) is 17.6. The first-order valence-electron chi connectivity index (χ1n) is 9.29. The molecule has 1 aliphatic rings. The van der Waals surface area contributed by atoms with E-state index in [0.29, 0.717) is 18.8 Å². The maximum Gasteiger partial charge on any atom is 0.417 e. The molecule has 1 atom stereocenters. The quantitative estimate of drug-likeness (QED) is 0.607. The topological polar surface area (TPSA) is 45.5 Å². The van der Waals surface area contributed by atoms with Crippen LogP contribution in [0.1, 0.15) is 45.7 Å². The van der Waals surface area contributed by atoms with Crippen molar-refractivity contribution in [2.75, 3.05) is 18.1 Å². The summed E-state index contributed by atoms with van der Waals surface area (Å²) in [5.41, 5.74) is -1.71. The fourth-order valence-corrected chi connectivity index (χ4v) is 4.02. The molecule has 0 radical (unpaired) electrons. The van der Waals surface area contributed by atoms with Gasteiger partial charge in [-0.2, -0.15) is 18.4 Å². The largest absolute Gasteiger partial charge is 0.417 e. The predicted octanol–water partition coefficient (Wildman–Crippen LogP) is 5.54. The minimum absolute atomic E-state index is 0.0650. The van der Waals surface area contributed by atoms with Gasteiger partial charge >= 0.3 is 6.18 Å². The SMILES string of the molecule is CC1(C)OC(CO[Si](C)(C)C(C)(C)C)CN1c1ccc(C#N)c(C(F)(F)F)c1. The van der Waals surface area contributed by atoms with Crippen LogP contribution < -0.4 is 4.90 Å².